The molecule has 1 aliphatic heterocycles. The number of nitrogen functional groups attached to an aromatic ring is 1. The smallest absolute Gasteiger partial charge is 0.233 e. The van der Waals surface area contributed by atoms with E-state index in [9.17, 15) is 4.79 Å². The Morgan fingerprint density at radius 1 is 1.55 bits per heavy atom. The molecule has 1 aliphatic rings. The fourth-order valence-electron chi connectivity index (χ4n) is 2.34. The second-order valence-electron chi connectivity index (χ2n) is 5.88. The summed E-state index contributed by atoms with van der Waals surface area (Å²) in [5.74, 6) is 0.594. The van der Waals surface area contributed by atoms with E-state index in [1.807, 2.05) is 20.8 Å². The molecule has 1 saturated heterocycles. The first-order chi connectivity index (χ1) is 10.5. The summed E-state index contributed by atoms with van der Waals surface area (Å²) in [4.78, 5) is 21.0. The Hall–Kier alpha value is -1.34. The van der Waals surface area contributed by atoms with Crippen LogP contribution in [0.15, 0.2) is 11.2 Å². The highest BCUT2D eigenvalue weighted by Crippen LogP contribution is 2.26. The standard InChI is InChI=1S/C15H24N4O2S/c1-9(2)13(14(20)17-8-11-5-4-6-21-11)22-15-18-10(3)7-12(16)19-15/h7,9,11,13H,4-6,8H2,1-3H3,(H,17,20)(H2,16,18,19)/t11-,13-/m1/s1. The lowest BCUT2D eigenvalue weighted by molar-refractivity contribution is -0.121. The Labute approximate surface area is 135 Å². The molecule has 0 aromatic carbocycles. The zero-order valence-electron chi connectivity index (χ0n) is 13.3. The molecule has 0 unspecified atom stereocenters. The van der Waals surface area contributed by atoms with E-state index in [-0.39, 0.29) is 23.2 Å². The Balaban J connectivity index is 1.97. The summed E-state index contributed by atoms with van der Waals surface area (Å²) in [5, 5.41) is 3.28. The summed E-state index contributed by atoms with van der Waals surface area (Å²) in [6, 6.07) is 1.71. The van der Waals surface area contributed by atoms with Crippen molar-refractivity contribution < 1.29 is 9.53 Å². The number of nitrogens with two attached hydrogens (primary N) is 1. The maximum atomic E-state index is 12.4. The molecule has 7 heteroatoms. The van der Waals surface area contributed by atoms with E-state index in [0.29, 0.717) is 17.5 Å². The number of carbonyl (C=O) groups excluding carboxylic acids is 1. The summed E-state index contributed by atoms with van der Waals surface area (Å²) in [7, 11) is 0. The molecule has 122 valence electrons. The lowest BCUT2D eigenvalue weighted by atomic mass is 10.1. The minimum absolute atomic E-state index is 0.000762. The lowest BCUT2D eigenvalue weighted by Gasteiger charge is -2.20. The van der Waals surface area contributed by atoms with E-state index in [1.165, 1.54) is 11.8 Å². The average Bonchev–Trinajstić information content (AvgIpc) is 2.94. The van der Waals surface area contributed by atoms with Crippen LogP contribution >= 0.6 is 11.8 Å². The molecular formula is C15H24N4O2S. The highest BCUT2D eigenvalue weighted by atomic mass is 32.2. The summed E-state index contributed by atoms with van der Waals surface area (Å²) < 4.78 is 5.53. The van der Waals surface area contributed by atoms with Crippen molar-refractivity contribution in [2.45, 2.75) is 50.1 Å². The topological polar surface area (TPSA) is 90.1 Å². The molecular weight excluding hydrogens is 300 g/mol. The number of nitrogens with one attached hydrogen (secondary N) is 1. The Morgan fingerprint density at radius 3 is 2.91 bits per heavy atom. The van der Waals surface area contributed by atoms with Gasteiger partial charge in [0.15, 0.2) is 5.16 Å². The maximum absolute atomic E-state index is 12.4. The van der Waals surface area contributed by atoms with Crippen molar-refractivity contribution in [1.29, 1.82) is 0 Å². The Bertz CT molecular complexity index is 498. The number of hydrogen-bond donors (Lipinski definition) is 2. The van der Waals surface area contributed by atoms with Crippen LogP contribution in [0.25, 0.3) is 0 Å². The summed E-state index contributed by atoms with van der Waals surface area (Å²) in [6.07, 6.45) is 2.23. The normalized spacial score (nSPS) is 19.4. The van der Waals surface area contributed by atoms with Crippen LogP contribution in [0.2, 0.25) is 0 Å². The first-order valence-electron chi connectivity index (χ1n) is 7.63. The van der Waals surface area contributed by atoms with Gasteiger partial charge in [-0.2, -0.15) is 0 Å². The number of thioether (sulfide) groups is 1. The summed E-state index contributed by atoms with van der Waals surface area (Å²) >= 11 is 1.36. The minimum Gasteiger partial charge on any atom is -0.384 e. The Kier molecular flexibility index (Phi) is 6.02. The van der Waals surface area contributed by atoms with Gasteiger partial charge in [-0.05, 0) is 25.7 Å². The van der Waals surface area contributed by atoms with Crippen molar-refractivity contribution in [2.24, 2.45) is 5.92 Å². The first kappa shape index (κ1) is 17.0. The van der Waals surface area contributed by atoms with E-state index >= 15 is 0 Å². The first-order valence-corrected chi connectivity index (χ1v) is 8.51. The highest BCUT2D eigenvalue weighted by Gasteiger charge is 2.26. The predicted octanol–water partition coefficient (Wildman–Crippen LogP) is 1.78. The maximum Gasteiger partial charge on any atom is 0.233 e. The molecule has 1 aromatic rings. The molecule has 1 amide bonds. The number of carbonyl (C=O) groups is 1. The van der Waals surface area contributed by atoms with Gasteiger partial charge in [-0.3, -0.25) is 4.79 Å². The molecule has 2 atom stereocenters. The van der Waals surface area contributed by atoms with Crippen LogP contribution in [0, 0.1) is 12.8 Å². The number of rotatable bonds is 6. The van der Waals surface area contributed by atoms with Crippen molar-refractivity contribution in [3.05, 3.63) is 11.8 Å². The highest BCUT2D eigenvalue weighted by molar-refractivity contribution is 8.00. The second-order valence-corrected chi connectivity index (χ2v) is 6.99. The summed E-state index contributed by atoms with van der Waals surface area (Å²) in [6.45, 7) is 7.26. The van der Waals surface area contributed by atoms with Crippen LogP contribution in [0.5, 0.6) is 0 Å². The van der Waals surface area contributed by atoms with Crippen molar-refractivity contribution in [3.63, 3.8) is 0 Å². The lowest BCUT2D eigenvalue weighted by Crippen LogP contribution is -2.39. The van der Waals surface area contributed by atoms with Crippen LogP contribution in [0.4, 0.5) is 5.82 Å². The zero-order chi connectivity index (χ0) is 16.1. The molecule has 0 radical (unpaired) electrons. The van der Waals surface area contributed by atoms with Gasteiger partial charge in [0.1, 0.15) is 5.82 Å². The molecule has 1 aromatic heterocycles. The van der Waals surface area contributed by atoms with Crippen molar-refractivity contribution >= 4 is 23.5 Å². The van der Waals surface area contributed by atoms with Gasteiger partial charge >= 0.3 is 0 Å². The molecule has 6 nitrogen and oxygen atoms in total. The van der Waals surface area contributed by atoms with Crippen molar-refractivity contribution in [1.82, 2.24) is 15.3 Å². The molecule has 0 bridgehead atoms. The zero-order valence-corrected chi connectivity index (χ0v) is 14.2. The van der Waals surface area contributed by atoms with Crippen LogP contribution in [0.3, 0.4) is 0 Å². The molecule has 2 heterocycles. The van der Waals surface area contributed by atoms with Gasteiger partial charge < -0.3 is 15.8 Å². The second kappa shape index (κ2) is 7.78. The van der Waals surface area contributed by atoms with Gasteiger partial charge in [0, 0.05) is 24.9 Å². The van der Waals surface area contributed by atoms with E-state index in [0.717, 1.165) is 25.1 Å². The van der Waals surface area contributed by atoms with E-state index in [4.69, 9.17) is 10.5 Å². The molecule has 3 N–H and O–H groups in total. The Morgan fingerprint density at radius 2 is 2.32 bits per heavy atom. The SMILES string of the molecule is Cc1cc(N)nc(S[C@@H](C(=O)NC[C@H]2CCCO2)C(C)C)n1. The molecule has 0 spiro atoms. The van der Waals surface area contributed by atoms with Crippen LogP contribution in [0.1, 0.15) is 32.4 Å². The van der Waals surface area contributed by atoms with Crippen molar-refractivity contribution in [3.8, 4) is 0 Å². The van der Waals surface area contributed by atoms with Gasteiger partial charge in [-0.15, -0.1) is 0 Å². The van der Waals surface area contributed by atoms with Crippen molar-refractivity contribution in [2.75, 3.05) is 18.9 Å². The van der Waals surface area contributed by atoms with Gasteiger partial charge in [0.2, 0.25) is 5.91 Å². The largest absolute Gasteiger partial charge is 0.384 e. The van der Waals surface area contributed by atoms with Gasteiger partial charge in [0.25, 0.3) is 0 Å². The number of aromatic nitrogens is 2. The fraction of sp³-hybridized carbons (Fsp3) is 0.667. The van der Waals surface area contributed by atoms with Crippen LogP contribution < -0.4 is 11.1 Å². The van der Waals surface area contributed by atoms with Gasteiger partial charge in [-0.25, -0.2) is 9.97 Å². The molecule has 1 fully saturated rings. The van der Waals surface area contributed by atoms with Crippen LogP contribution in [-0.4, -0.2) is 40.4 Å². The third-order valence-corrected chi connectivity index (χ3v) is 4.88. The van der Waals surface area contributed by atoms with Crippen LogP contribution in [-0.2, 0) is 9.53 Å². The number of nitrogens with zero attached hydrogens (tertiary/aromatic N) is 2. The minimum atomic E-state index is -0.248. The predicted molar refractivity (Wildman–Crippen MR) is 87.6 cm³/mol. The number of ether oxygens (including phenoxy) is 1. The van der Waals surface area contributed by atoms with E-state index in [1.54, 1.807) is 6.07 Å². The molecule has 22 heavy (non-hydrogen) atoms. The number of hydrogen-bond acceptors (Lipinski definition) is 6. The van der Waals surface area contributed by atoms with Gasteiger partial charge in [-0.1, -0.05) is 25.6 Å². The number of amides is 1. The third-order valence-electron chi connectivity index (χ3n) is 3.48. The quantitative estimate of drug-likeness (QED) is 0.612. The molecule has 0 saturated carbocycles. The number of aryl methyl sites for hydroxylation is 1. The summed E-state index contributed by atoms with van der Waals surface area (Å²) in [5.41, 5.74) is 6.55. The van der Waals surface area contributed by atoms with E-state index in [2.05, 4.69) is 15.3 Å². The monoisotopic (exact) mass is 324 g/mol. The fourth-order valence-corrected chi connectivity index (χ4v) is 3.39. The molecule has 2 rings (SSSR count). The molecule has 0 aliphatic carbocycles. The van der Waals surface area contributed by atoms with Gasteiger partial charge in [0.05, 0.1) is 11.4 Å². The average molecular weight is 324 g/mol. The number of anilines is 1. The van der Waals surface area contributed by atoms with E-state index < -0.39 is 0 Å². The third kappa shape index (κ3) is 4.84.